The lowest BCUT2D eigenvalue weighted by atomic mass is 9.85. The van der Waals surface area contributed by atoms with Crippen molar-refractivity contribution >= 4 is 34.8 Å². The van der Waals surface area contributed by atoms with Gasteiger partial charge in [-0.1, -0.05) is 18.2 Å². The average molecular weight is 369 g/mol. The Hall–Kier alpha value is -1.37. The summed E-state index contributed by atoms with van der Waals surface area (Å²) in [5.41, 5.74) is 1.02. The third-order valence-electron chi connectivity index (χ3n) is 4.69. The molecule has 5 nitrogen and oxygen atoms in total. The minimum Gasteiger partial charge on any atom is -0.369 e. The maximum atomic E-state index is 12.3. The summed E-state index contributed by atoms with van der Waals surface area (Å²) in [5, 5.41) is 2.63. The fraction of sp³-hybridized carbons (Fsp3) is 0.529. The molecule has 24 heavy (non-hydrogen) atoms. The summed E-state index contributed by atoms with van der Waals surface area (Å²) >= 11 is 7.79. The molecular formula is C17H21ClN2O3S. The number of piperidine rings is 1. The predicted molar refractivity (Wildman–Crippen MR) is 94.3 cm³/mol. The van der Waals surface area contributed by atoms with Crippen LogP contribution in [0.25, 0.3) is 0 Å². The van der Waals surface area contributed by atoms with Gasteiger partial charge in [0.25, 0.3) is 0 Å². The van der Waals surface area contributed by atoms with Crippen molar-refractivity contribution in [2.45, 2.75) is 31.3 Å². The number of ether oxygens (including phenoxy) is 1. The second-order valence-electron chi connectivity index (χ2n) is 6.12. The van der Waals surface area contributed by atoms with Crippen LogP contribution in [0.2, 0.25) is 4.34 Å². The molecule has 3 rings (SSSR count). The molecule has 1 fully saturated rings. The molecule has 0 aromatic carbocycles. The summed E-state index contributed by atoms with van der Waals surface area (Å²) in [5.74, 6) is -0.187. The SMILES string of the molecule is C=CC(=O)NCCC(=O)N1CCC2(CC1)OCCc1cc(Cl)sc12. The zero-order chi connectivity index (χ0) is 17.2. The molecule has 7 heteroatoms. The lowest BCUT2D eigenvalue weighted by Gasteiger charge is -2.43. The predicted octanol–water partition coefficient (Wildman–Crippen LogP) is 2.48. The van der Waals surface area contributed by atoms with Gasteiger partial charge in [-0.15, -0.1) is 11.3 Å². The van der Waals surface area contributed by atoms with Crippen molar-refractivity contribution in [2.75, 3.05) is 26.2 Å². The zero-order valence-electron chi connectivity index (χ0n) is 13.5. The largest absolute Gasteiger partial charge is 0.369 e. The minimum absolute atomic E-state index is 0.0643. The van der Waals surface area contributed by atoms with Gasteiger partial charge in [0.05, 0.1) is 10.9 Å². The first-order valence-corrected chi connectivity index (χ1v) is 9.34. The number of hydrogen-bond donors (Lipinski definition) is 1. The van der Waals surface area contributed by atoms with Crippen molar-refractivity contribution in [3.05, 3.63) is 33.5 Å². The summed E-state index contributed by atoms with van der Waals surface area (Å²) in [4.78, 5) is 26.5. The highest BCUT2D eigenvalue weighted by atomic mass is 35.5. The van der Waals surface area contributed by atoms with Gasteiger partial charge in [0.15, 0.2) is 0 Å². The molecule has 3 heterocycles. The van der Waals surface area contributed by atoms with Crippen LogP contribution in [-0.2, 0) is 26.3 Å². The van der Waals surface area contributed by atoms with Crippen LogP contribution >= 0.6 is 22.9 Å². The van der Waals surface area contributed by atoms with Gasteiger partial charge in [0, 0.05) is 30.9 Å². The fourth-order valence-electron chi connectivity index (χ4n) is 3.40. The van der Waals surface area contributed by atoms with Crippen molar-refractivity contribution in [3.8, 4) is 0 Å². The van der Waals surface area contributed by atoms with Crippen LogP contribution in [0.4, 0.5) is 0 Å². The van der Waals surface area contributed by atoms with Gasteiger partial charge in [-0.2, -0.15) is 0 Å². The molecule has 0 bridgehead atoms. The van der Waals surface area contributed by atoms with E-state index in [4.69, 9.17) is 16.3 Å². The molecule has 1 aromatic rings. The second-order valence-corrected chi connectivity index (χ2v) is 7.81. The lowest BCUT2D eigenvalue weighted by molar-refractivity contribution is -0.140. The van der Waals surface area contributed by atoms with Gasteiger partial charge in [-0.3, -0.25) is 9.59 Å². The van der Waals surface area contributed by atoms with Crippen LogP contribution in [0.15, 0.2) is 18.7 Å². The van der Waals surface area contributed by atoms with Gasteiger partial charge in [-0.05, 0) is 37.0 Å². The number of nitrogens with one attached hydrogen (secondary N) is 1. The highest BCUT2D eigenvalue weighted by Crippen LogP contribution is 2.46. The quantitative estimate of drug-likeness (QED) is 0.830. The Kier molecular flexibility index (Phi) is 5.27. The van der Waals surface area contributed by atoms with E-state index < -0.39 is 0 Å². The third kappa shape index (κ3) is 3.50. The van der Waals surface area contributed by atoms with Gasteiger partial charge in [0.2, 0.25) is 11.8 Å². The zero-order valence-corrected chi connectivity index (χ0v) is 15.0. The summed E-state index contributed by atoms with van der Waals surface area (Å²) in [6.45, 7) is 5.78. The van der Waals surface area contributed by atoms with Crippen LogP contribution in [0.1, 0.15) is 29.7 Å². The van der Waals surface area contributed by atoms with Crippen molar-refractivity contribution < 1.29 is 14.3 Å². The molecule has 2 aliphatic heterocycles. The van der Waals surface area contributed by atoms with Gasteiger partial charge in [0.1, 0.15) is 5.60 Å². The first-order valence-electron chi connectivity index (χ1n) is 8.15. The standard InChI is InChI=1S/C17H21ClN2O3S/c1-2-14(21)19-7-3-15(22)20-8-5-17(6-9-20)16-12(4-10-23-17)11-13(18)24-16/h2,11H,1,3-10H2,(H,19,21). The van der Waals surface area contributed by atoms with E-state index in [1.165, 1.54) is 16.5 Å². The smallest absolute Gasteiger partial charge is 0.243 e. The van der Waals surface area contributed by atoms with E-state index in [1.807, 2.05) is 11.0 Å². The molecule has 1 saturated heterocycles. The second kappa shape index (κ2) is 7.25. The lowest BCUT2D eigenvalue weighted by Crippen LogP contribution is -2.48. The number of rotatable bonds is 4. The van der Waals surface area contributed by atoms with Crippen molar-refractivity contribution in [3.63, 3.8) is 0 Å². The van der Waals surface area contributed by atoms with E-state index >= 15 is 0 Å². The molecule has 130 valence electrons. The van der Waals surface area contributed by atoms with E-state index in [9.17, 15) is 9.59 Å². The molecule has 2 aliphatic rings. The Morgan fingerprint density at radius 1 is 1.46 bits per heavy atom. The van der Waals surface area contributed by atoms with E-state index in [-0.39, 0.29) is 17.4 Å². The molecule has 0 atom stereocenters. The molecule has 0 aliphatic carbocycles. The van der Waals surface area contributed by atoms with E-state index in [0.29, 0.717) is 32.7 Å². The molecule has 1 N–H and O–H groups in total. The van der Waals surface area contributed by atoms with Crippen molar-refractivity contribution in [1.82, 2.24) is 10.2 Å². The van der Waals surface area contributed by atoms with Gasteiger partial charge in [-0.25, -0.2) is 0 Å². The Balaban J connectivity index is 1.57. The molecule has 0 saturated carbocycles. The normalized spacial score (nSPS) is 19.0. The van der Waals surface area contributed by atoms with Crippen molar-refractivity contribution in [1.29, 1.82) is 0 Å². The van der Waals surface area contributed by atoms with E-state index in [2.05, 4.69) is 11.9 Å². The first kappa shape index (κ1) is 17.5. The summed E-state index contributed by atoms with van der Waals surface area (Å²) in [6.07, 6.45) is 4.01. The monoisotopic (exact) mass is 368 g/mol. The van der Waals surface area contributed by atoms with Gasteiger partial charge < -0.3 is 15.0 Å². The molecule has 0 radical (unpaired) electrons. The number of likely N-dealkylation sites (tertiary alicyclic amines) is 1. The summed E-state index contributed by atoms with van der Waals surface area (Å²) in [6, 6.07) is 2.05. The van der Waals surface area contributed by atoms with E-state index in [0.717, 1.165) is 23.6 Å². The minimum atomic E-state index is -0.279. The highest BCUT2D eigenvalue weighted by molar-refractivity contribution is 7.16. The number of nitrogens with zero attached hydrogens (tertiary/aromatic N) is 1. The summed E-state index contributed by atoms with van der Waals surface area (Å²) in [7, 11) is 0. The third-order valence-corrected chi connectivity index (χ3v) is 6.18. The summed E-state index contributed by atoms with van der Waals surface area (Å²) < 4.78 is 6.95. The fourth-order valence-corrected chi connectivity index (χ4v) is 4.90. The maximum Gasteiger partial charge on any atom is 0.243 e. The number of carbonyl (C=O) groups excluding carboxylic acids is 2. The van der Waals surface area contributed by atoms with Crippen molar-refractivity contribution in [2.24, 2.45) is 0 Å². The van der Waals surface area contributed by atoms with Crippen LogP contribution in [0, 0.1) is 0 Å². The Bertz CT molecular complexity index is 650. The number of fused-ring (bicyclic) bond motifs is 2. The first-order chi connectivity index (χ1) is 11.5. The number of thiophene rings is 1. The van der Waals surface area contributed by atoms with Crippen LogP contribution in [0.3, 0.4) is 0 Å². The van der Waals surface area contributed by atoms with Crippen LogP contribution in [0.5, 0.6) is 0 Å². The number of hydrogen-bond acceptors (Lipinski definition) is 4. The highest BCUT2D eigenvalue weighted by Gasteiger charge is 2.43. The van der Waals surface area contributed by atoms with Crippen LogP contribution in [-0.4, -0.2) is 43.0 Å². The Labute approximate surface area is 150 Å². The molecule has 2 amide bonds. The molecule has 1 spiro atoms. The molecular weight excluding hydrogens is 348 g/mol. The molecule has 0 unspecified atom stereocenters. The number of amides is 2. The maximum absolute atomic E-state index is 12.3. The Morgan fingerprint density at radius 3 is 2.92 bits per heavy atom. The number of carbonyl (C=O) groups is 2. The Morgan fingerprint density at radius 2 is 2.21 bits per heavy atom. The topological polar surface area (TPSA) is 58.6 Å². The van der Waals surface area contributed by atoms with Crippen LogP contribution < -0.4 is 5.32 Å². The van der Waals surface area contributed by atoms with Gasteiger partial charge >= 0.3 is 0 Å². The average Bonchev–Trinajstić information content (AvgIpc) is 2.97. The molecule has 1 aromatic heterocycles. The number of halogens is 1. The van der Waals surface area contributed by atoms with E-state index in [1.54, 1.807) is 11.3 Å².